The Kier molecular flexibility index (Phi) is 4.21. The topological polar surface area (TPSA) is 17.1 Å². The molecule has 0 aliphatic carbocycles. The minimum absolute atomic E-state index is 0.216. The van der Waals surface area contributed by atoms with Crippen LogP contribution in [0.4, 0.5) is 0 Å². The van der Waals surface area contributed by atoms with E-state index in [1.54, 1.807) is 0 Å². The van der Waals surface area contributed by atoms with Crippen molar-refractivity contribution < 1.29 is 4.57 Å². The molecule has 0 radical (unpaired) electrons. The maximum atomic E-state index is 13.7. The van der Waals surface area contributed by atoms with E-state index in [2.05, 4.69) is 64.1 Å². The third-order valence-corrected chi connectivity index (χ3v) is 9.30. The number of halogens is 1. The minimum atomic E-state index is -2.48. The van der Waals surface area contributed by atoms with Gasteiger partial charge in [-0.25, -0.2) is 0 Å². The van der Waals surface area contributed by atoms with Gasteiger partial charge in [-0.1, -0.05) is 59.7 Å². The summed E-state index contributed by atoms with van der Waals surface area (Å²) in [5.74, 6) is 0. The van der Waals surface area contributed by atoms with E-state index in [0.717, 1.165) is 8.87 Å². The number of hydrogen-bond donors (Lipinski definition) is 0. The fourth-order valence-corrected chi connectivity index (χ4v) is 7.97. The summed E-state index contributed by atoms with van der Waals surface area (Å²) in [4.78, 5) is 0. The van der Waals surface area contributed by atoms with Gasteiger partial charge in [-0.3, -0.25) is 0 Å². The van der Waals surface area contributed by atoms with Crippen molar-refractivity contribution >= 4 is 35.0 Å². The van der Waals surface area contributed by atoms with Crippen LogP contribution in [0.5, 0.6) is 0 Å². The highest BCUT2D eigenvalue weighted by Crippen LogP contribution is 2.66. The average molecular weight is 364 g/mol. The monoisotopic (exact) mass is 364 g/mol. The molecule has 3 heteroatoms. The lowest BCUT2D eigenvalue weighted by atomic mass is 10.2. The van der Waals surface area contributed by atoms with Gasteiger partial charge in [0.1, 0.15) is 7.14 Å². The summed E-state index contributed by atoms with van der Waals surface area (Å²) in [6, 6.07) is 8.06. The molecule has 0 unspecified atom stereocenters. The lowest BCUT2D eigenvalue weighted by Gasteiger charge is -2.41. The van der Waals surface area contributed by atoms with Crippen molar-refractivity contribution in [3.8, 4) is 0 Å². The molecule has 96 valence electrons. The summed E-state index contributed by atoms with van der Waals surface area (Å²) in [7, 11) is -2.48. The Bertz CT molecular complexity index is 434. The van der Waals surface area contributed by atoms with Crippen LogP contribution >= 0.6 is 29.7 Å². The maximum absolute atomic E-state index is 13.7. The highest BCUT2D eigenvalue weighted by atomic mass is 127. The van der Waals surface area contributed by atoms with Crippen molar-refractivity contribution in [2.24, 2.45) is 0 Å². The first-order valence-corrected chi connectivity index (χ1v) is 8.66. The standard InChI is InChI=1S/C14H22IOP/c1-13(2,3)17(16,14(4,5)6)12-10-8-7-9-11(12)15/h7-10H,1-6H3. The number of hydrogen-bond acceptors (Lipinski definition) is 1. The van der Waals surface area contributed by atoms with Gasteiger partial charge in [0.2, 0.25) is 0 Å². The average Bonchev–Trinajstić information content (AvgIpc) is 2.13. The molecule has 0 saturated heterocycles. The van der Waals surface area contributed by atoms with Crippen LogP contribution in [0, 0.1) is 3.57 Å². The number of rotatable bonds is 1. The minimum Gasteiger partial charge on any atom is -0.317 e. The molecule has 17 heavy (non-hydrogen) atoms. The fourth-order valence-electron chi connectivity index (χ4n) is 2.44. The first kappa shape index (κ1) is 15.2. The molecule has 0 aromatic heterocycles. The molecule has 0 N–H and O–H groups in total. The lowest BCUT2D eigenvalue weighted by molar-refractivity contribution is 0.527. The van der Waals surface area contributed by atoms with Crippen LogP contribution in [0.1, 0.15) is 41.5 Å². The van der Waals surface area contributed by atoms with Crippen molar-refractivity contribution in [1.82, 2.24) is 0 Å². The summed E-state index contributed by atoms with van der Waals surface area (Å²) >= 11 is 2.29. The molecule has 0 aliphatic rings. The van der Waals surface area contributed by atoms with Crippen LogP contribution in [0.2, 0.25) is 0 Å². The van der Waals surface area contributed by atoms with E-state index in [1.807, 2.05) is 24.3 Å². The predicted octanol–water partition coefficient (Wildman–Crippen LogP) is 4.88. The summed E-state index contributed by atoms with van der Waals surface area (Å²) in [5, 5.41) is 0.597. The van der Waals surface area contributed by atoms with Crippen molar-refractivity contribution in [3.63, 3.8) is 0 Å². The molecule has 1 aromatic carbocycles. The molecule has 0 amide bonds. The molecular formula is C14H22IOP. The van der Waals surface area contributed by atoms with Gasteiger partial charge < -0.3 is 4.57 Å². The molecule has 0 fully saturated rings. The Balaban J connectivity index is 3.59. The van der Waals surface area contributed by atoms with Gasteiger partial charge in [0.05, 0.1) is 0 Å². The third kappa shape index (κ3) is 2.63. The third-order valence-electron chi connectivity index (χ3n) is 3.08. The largest absolute Gasteiger partial charge is 0.317 e. The van der Waals surface area contributed by atoms with E-state index >= 15 is 0 Å². The van der Waals surface area contributed by atoms with Gasteiger partial charge >= 0.3 is 0 Å². The second-order valence-electron chi connectivity index (χ2n) is 6.40. The van der Waals surface area contributed by atoms with E-state index < -0.39 is 7.14 Å². The highest BCUT2D eigenvalue weighted by Gasteiger charge is 2.48. The van der Waals surface area contributed by atoms with Gasteiger partial charge in [0.15, 0.2) is 0 Å². The van der Waals surface area contributed by atoms with E-state index in [1.165, 1.54) is 0 Å². The summed E-state index contributed by atoms with van der Waals surface area (Å²) in [6.07, 6.45) is 0. The molecule has 0 spiro atoms. The van der Waals surface area contributed by atoms with E-state index in [9.17, 15) is 4.57 Å². The molecule has 0 heterocycles. The van der Waals surface area contributed by atoms with Gasteiger partial charge in [0.25, 0.3) is 0 Å². The van der Waals surface area contributed by atoms with Crippen LogP contribution in [0.3, 0.4) is 0 Å². The van der Waals surface area contributed by atoms with Crippen LogP contribution in [0.15, 0.2) is 24.3 Å². The second-order valence-corrected chi connectivity index (χ2v) is 11.9. The Morgan fingerprint density at radius 1 is 0.941 bits per heavy atom. The van der Waals surface area contributed by atoms with Crippen LogP contribution in [-0.2, 0) is 4.57 Å². The maximum Gasteiger partial charge on any atom is 0.126 e. The zero-order valence-electron chi connectivity index (χ0n) is 11.5. The van der Waals surface area contributed by atoms with Crippen LogP contribution < -0.4 is 5.30 Å². The van der Waals surface area contributed by atoms with E-state index in [-0.39, 0.29) is 10.3 Å². The molecule has 0 atom stereocenters. The van der Waals surface area contributed by atoms with Gasteiger partial charge in [-0.05, 0) is 28.7 Å². The Hall–Kier alpha value is 0.180. The molecule has 1 aromatic rings. The first-order chi connectivity index (χ1) is 7.52. The van der Waals surface area contributed by atoms with Crippen molar-refractivity contribution in [3.05, 3.63) is 27.8 Å². The van der Waals surface area contributed by atoms with E-state index in [4.69, 9.17) is 0 Å². The van der Waals surface area contributed by atoms with Crippen molar-refractivity contribution in [2.75, 3.05) is 0 Å². The smallest absolute Gasteiger partial charge is 0.126 e. The predicted molar refractivity (Wildman–Crippen MR) is 85.9 cm³/mol. The van der Waals surface area contributed by atoms with Gasteiger partial charge in [0, 0.05) is 19.2 Å². The van der Waals surface area contributed by atoms with Crippen molar-refractivity contribution in [2.45, 2.75) is 51.9 Å². The highest BCUT2D eigenvalue weighted by molar-refractivity contribution is 14.1. The normalized spacial score (nSPS) is 13.8. The molecule has 1 nitrogen and oxygen atoms in total. The Labute approximate surface area is 119 Å². The zero-order valence-corrected chi connectivity index (χ0v) is 14.6. The number of benzene rings is 1. The Morgan fingerprint density at radius 3 is 1.71 bits per heavy atom. The molecular weight excluding hydrogens is 342 g/mol. The van der Waals surface area contributed by atoms with Gasteiger partial charge in [-0.2, -0.15) is 0 Å². The van der Waals surface area contributed by atoms with Crippen molar-refractivity contribution in [1.29, 1.82) is 0 Å². The van der Waals surface area contributed by atoms with Crippen LogP contribution in [0.25, 0.3) is 0 Å². The quantitative estimate of drug-likeness (QED) is 0.513. The Morgan fingerprint density at radius 2 is 1.35 bits per heavy atom. The SMILES string of the molecule is CC(C)(C)P(=O)(c1ccccc1I)C(C)(C)C. The van der Waals surface area contributed by atoms with Gasteiger partial charge in [-0.15, -0.1) is 0 Å². The fraction of sp³-hybridized carbons (Fsp3) is 0.571. The zero-order chi connectivity index (χ0) is 13.5. The molecule has 0 aliphatic heterocycles. The first-order valence-electron chi connectivity index (χ1n) is 5.87. The summed E-state index contributed by atoms with van der Waals surface area (Å²) in [5.41, 5.74) is 0. The summed E-state index contributed by atoms with van der Waals surface area (Å²) < 4.78 is 14.8. The lowest BCUT2D eigenvalue weighted by Crippen LogP contribution is -2.36. The summed E-state index contributed by atoms with van der Waals surface area (Å²) in [6.45, 7) is 12.5. The second kappa shape index (κ2) is 4.70. The molecule has 0 saturated carbocycles. The van der Waals surface area contributed by atoms with E-state index in [0.29, 0.717) is 0 Å². The molecule has 0 bridgehead atoms. The molecule has 1 rings (SSSR count). The van der Waals surface area contributed by atoms with Crippen LogP contribution in [-0.4, -0.2) is 10.3 Å².